The molecule has 2 heterocycles. The number of tetrazole rings is 1. The van der Waals surface area contributed by atoms with Crippen molar-refractivity contribution in [3.05, 3.63) is 48.2 Å². The van der Waals surface area contributed by atoms with Crippen LogP contribution in [0.15, 0.2) is 46.9 Å². The van der Waals surface area contributed by atoms with Gasteiger partial charge in [0.05, 0.1) is 0 Å². The summed E-state index contributed by atoms with van der Waals surface area (Å²) < 4.78 is 5.50. The lowest BCUT2D eigenvalue weighted by molar-refractivity contribution is -0.124. The first-order valence-corrected chi connectivity index (χ1v) is 10.6. The number of rotatable bonds is 7. The van der Waals surface area contributed by atoms with Gasteiger partial charge in [-0.2, -0.15) is 4.80 Å². The van der Waals surface area contributed by atoms with Gasteiger partial charge >= 0.3 is 0 Å². The molecule has 162 valence electrons. The molecule has 1 aromatic carbocycles. The maximum Gasteiger partial charge on any atom is 0.251 e. The van der Waals surface area contributed by atoms with Crippen molar-refractivity contribution in [1.29, 1.82) is 0 Å². The summed E-state index contributed by atoms with van der Waals surface area (Å²) >= 11 is 0. The summed E-state index contributed by atoms with van der Waals surface area (Å²) in [4.78, 5) is 28.4. The van der Waals surface area contributed by atoms with Crippen LogP contribution in [-0.4, -0.2) is 44.6 Å². The fraction of sp³-hybridized carbons (Fsp3) is 0.409. The Kier molecular flexibility index (Phi) is 6.40. The molecule has 1 aliphatic carbocycles. The molecule has 1 fully saturated rings. The summed E-state index contributed by atoms with van der Waals surface area (Å²) in [7, 11) is 0. The van der Waals surface area contributed by atoms with E-state index in [0.717, 1.165) is 31.4 Å². The zero-order valence-electron chi connectivity index (χ0n) is 17.5. The topological polar surface area (TPSA) is 106 Å². The SMILES string of the molecule is Cc1ccc(-c2nnn(CC(=O)N(CC(=O)NC3CCCCC3)c3ccccc3)n2)o1. The number of benzene rings is 1. The Balaban J connectivity index is 1.45. The van der Waals surface area contributed by atoms with Crippen LogP contribution in [0.3, 0.4) is 0 Å². The number of hydrogen-bond acceptors (Lipinski definition) is 6. The molecule has 2 amide bonds. The van der Waals surface area contributed by atoms with Crippen molar-refractivity contribution in [2.75, 3.05) is 11.4 Å². The second kappa shape index (κ2) is 9.55. The summed E-state index contributed by atoms with van der Waals surface area (Å²) in [6.07, 6.45) is 5.45. The maximum atomic E-state index is 13.1. The number of nitrogens with zero attached hydrogens (tertiary/aromatic N) is 5. The lowest BCUT2D eigenvalue weighted by Crippen LogP contribution is -2.45. The van der Waals surface area contributed by atoms with Crippen LogP contribution < -0.4 is 10.2 Å². The van der Waals surface area contributed by atoms with E-state index in [2.05, 4.69) is 20.7 Å². The molecule has 9 nitrogen and oxygen atoms in total. The largest absolute Gasteiger partial charge is 0.458 e. The zero-order chi connectivity index (χ0) is 21.6. The molecule has 31 heavy (non-hydrogen) atoms. The molecule has 0 spiro atoms. The van der Waals surface area contributed by atoms with Crippen molar-refractivity contribution in [3.8, 4) is 11.6 Å². The van der Waals surface area contributed by atoms with Gasteiger partial charge in [0, 0.05) is 11.7 Å². The van der Waals surface area contributed by atoms with Crippen LogP contribution >= 0.6 is 0 Å². The van der Waals surface area contributed by atoms with Crippen molar-refractivity contribution in [2.45, 2.75) is 51.6 Å². The third-order valence-corrected chi connectivity index (χ3v) is 5.33. The van der Waals surface area contributed by atoms with Crippen LogP contribution in [0.25, 0.3) is 11.6 Å². The standard InChI is InChI=1S/C22H26N6O3/c1-16-12-13-19(31-16)22-24-26-28(25-22)15-21(30)27(18-10-6-3-7-11-18)14-20(29)23-17-8-4-2-5-9-17/h3,6-7,10-13,17H,2,4-5,8-9,14-15H2,1H3,(H,23,29). The van der Waals surface area contributed by atoms with Crippen molar-refractivity contribution in [2.24, 2.45) is 0 Å². The first kappa shape index (κ1) is 20.8. The summed E-state index contributed by atoms with van der Waals surface area (Å²) in [6, 6.07) is 12.9. The number of carbonyl (C=O) groups is 2. The summed E-state index contributed by atoms with van der Waals surface area (Å²) in [6.45, 7) is 1.63. The minimum absolute atomic E-state index is 0.0573. The number of carbonyl (C=O) groups excluding carboxylic acids is 2. The van der Waals surface area contributed by atoms with Gasteiger partial charge in [0.2, 0.25) is 11.7 Å². The van der Waals surface area contributed by atoms with Gasteiger partial charge in [-0.3, -0.25) is 9.59 Å². The van der Waals surface area contributed by atoms with Crippen LogP contribution in [0.4, 0.5) is 5.69 Å². The van der Waals surface area contributed by atoms with Crippen LogP contribution in [0.1, 0.15) is 37.9 Å². The third kappa shape index (κ3) is 5.36. The Labute approximate surface area is 180 Å². The lowest BCUT2D eigenvalue weighted by atomic mass is 9.95. The summed E-state index contributed by atoms with van der Waals surface area (Å²) in [5, 5.41) is 15.2. The van der Waals surface area contributed by atoms with E-state index < -0.39 is 0 Å². The summed E-state index contributed by atoms with van der Waals surface area (Å²) in [5.41, 5.74) is 0.647. The van der Waals surface area contributed by atoms with E-state index in [1.54, 1.807) is 18.2 Å². The van der Waals surface area contributed by atoms with E-state index in [9.17, 15) is 9.59 Å². The van der Waals surface area contributed by atoms with Crippen molar-refractivity contribution >= 4 is 17.5 Å². The Hall–Kier alpha value is -3.49. The highest BCUT2D eigenvalue weighted by Crippen LogP contribution is 2.19. The minimum Gasteiger partial charge on any atom is -0.458 e. The maximum absolute atomic E-state index is 13.1. The molecular weight excluding hydrogens is 396 g/mol. The van der Waals surface area contributed by atoms with Crippen molar-refractivity contribution < 1.29 is 14.0 Å². The molecule has 3 aromatic rings. The number of anilines is 1. The van der Waals surface area contributed by atoms with E-state index in [1.165, 1.54) is 16.1 Å². The van der Waals surface area contributed by atoms with Gasteiger partial charge in [0.15, 0.2) is 5.76 Å². The average Bonchev–Trinajstić information content (AvgIpc) is 3.42. The van der Waals surface area contributed by atoms with Crippen LogP contribution in [0.2, 0.25) is 0 Å². The highest BCUT2D eigenvalue weighted by atomic mass is 16.3. The van der Waals surface area contributed by atoms with E-state index in [-0.39, 0.29) is 30.9 Å². The van der Waals surface area contributed by atoms with E-state index in [0.29, 0.717) is 17.3 Å². The van der Waals surface area contributed by atoms with Crippen LogP contribution in [0, 0.1) is 6.92 Å². The molecule has 9 heteroatoms. The van der Waals surface area contributed by atoms with Gasteiger partial charge in [0.25, 0.3) is 5.91 Å². The normalized spacial score (nSPS) is 14.4. The molecule has 0 radical (unpaired) electrons. The Bertz CT molecular complexity index is 1020. The second-order valence-corrected chi connectivity index (χ2v) is 7.77. The molecule has 1 saturated carbocycles. The highest BCUT2D eigenvalue weighted by Gasteiger charge is 2.23. The monoisotopic (exact) mass is 422 g/mol. The molecule has 0 unspecified atom stereocenters. The quantitative estimate of drug-likeness (QED) is 0.628. The number of para-hydroxylation sites is 1. The minimum atomic E-state index is -0.301. The van der Waals surface area contributed by atoms with Crippen molar-refractivity contribution in [3.63, 3.8) is 0 Å². The fourth-order valence-electron chi connectivity index (χ4n) is 3.77. The van der Waals surface area contributed by atoms with Gasteiger partial charge in [-0.05, 0) is 49.2 Å². The molecular formula is C22H26N6O3. The predicted octanol–water partition coefficient (Wildman–Crippen LogP) is 2.72. The predicted molar refractivity (Wildman–Crippen MR) is 114 cm³/mol. The van der Waals surface area contributed by atoms with Gasteiger partial charge in [0.1, 0.15) is 18.8 Å². The highest BCUT2D eigenvalue weighted by molar-refractivity contribution is 5.98. The smallest absolute Gasteiger partial charge is 0.251 e. The average molecular weight is 422 g/mol. The Morgan fingerprint density at radius 3 is 2.61 bits per heavy atom. The number of amides is 2. The number of furan rings is 1. The molecule has 0 bridgehead atoms. The van der Waals surface area contributed by atoms with Gasteiger partial charge in [-0.15, -0.1) is 10.2 Å². The first-order valence-electron chi connectivity index (χ1n) is 10.6. The fourth-order valence-corrected chi connectivity index (χ4v) is 3.77. The first-order chi connectivity index (χ1) is 15.1. The van der Waals surface area contributed by atoms with Gasteiger partial charge in [-0.25, -0.2) is 0 Å². The molecule has 1 aliphatic rings. The lowest BCUT2D eigenvalue weighted by Gasteiger charge is -2.26. The van der Waals surface area contributed by atoms with E-state index in [1.807, 2.05) is 31.2 Å². The molecule has 2 aromatic heterocycles. The molecule has 0 aliphatic heterocycles. The number of nitrogens with one attached hydrogen (secondary N) is 1. The van der Waals surface area contributed by atoms with E-state index in [4.69, 9.17) is 4.42 Å². The molecule has 4 rings (SSSR count). The second-order valence-electron chi connectivity index (χ2n) is 7.77. The van der Waals surface area contributed by atoms with E-state index >= 15 is 0 Å². The molecule has 1 N–H and O–H groups in total. The molecule has 0 saturated heterocycles. The molecule has 0 atom stereocenters. The van der Waals surface area contributed by atoms with Gasteiger partial charge in [-0.1, -0.05) is 37.5 Å². The Morgan fingerprint density at radius 1 is 1.13 bits per heavy atom. The van der Waals surface area contributed by atoms with Crippen molar-refractivity contribution in [1.82, 2.24) is 25.5 Å². The third-order valence-electron chi connectivity index (χ3n) is 5.33. The number of aryl methyl sites for hydroxylation is 1. The van der Waals surface area contributed by atoms with Crippen LogP contribution in [-0.2, 0) is 16.1 Å². The number of hydrogen-bond donors (Lipinski definition) is 1. The number of aromatic nitrogens is 4. The van der Waals surface area contributed by atoms with Gasteiger partial charge < -0.3 is 14.6 Å². The Morgan fingerprint density at radius 2 is 1.90 bits per heavy atom. The van der Waals surface area contributed by atoms with Crippen LogP contribution in [0.5, 0.6) is 0 Å². The zero-order valence-corrected chi connectivity index (χ0v) is 17.5. The summed E-state index contributed by atoms with van der Waals surface area (Å²) in [5.74, 6) is 1.07.